The monoisotopic (exact) mass is 157 g/mol. The lowest BCUT2D eigenvalue weighted by atomic mass is 9.98. The van der Waals surface area contributed by atoms with E-state index in [1.807, 2.05) is 20.8 Å². The summed E-state index contributed by atoms with van der Waals surface area (Å²) in [6, 6.07) is 0.418. The molecule has 1 N–H and O–H groups in total. The predicted octanol–water partition coefficient (Wildman–Crippen LogP) is 1.24. The van der Waals surface area contributed by atoms with Gasteiger partial charge in [-0.3, -0.25) is 0 Å². The summed E-state index contributed by atoms with van der Waals surface area (Å²) < 4.78 is 0. The second kappa shape index (κ2) is 2.81. The van der Waals surface area contributed by atoms with Crippen molar-refractivity contribution in [2.75, 3.05) is 0 Å². The van der Waals surface area contributed by atoms with E-state index in [1.54, 1.807) is 0 Å². The van der Waals surface area contributed by atoms with Crippen LogP contribution in [0, 0.1) is 5.41 Å². The first kappa shape index (κ1) is 8.53. The van der Waals surface area contributed by atoms with Gasteiger partial charge in [0.25, 0.3) is 0 Å². The van der Waals surface area contributed by atoms with Crippen molar-refractivity contribution in [1.82, 2.24) is 5.48 Å². The second-order valence-corrected chi connectivity index (χ2v) is 4.03. The molecule has 1 rings (SSSR count). The molecule has 1 aliphatic carbocycles. The van der Waals surface area contributed by atoms with Crippen LogP contribution < -0.4 is 5.48 Å². The van der Waals surface area contributed by atoms with Gasteiger partial charge >= 0.3 is 5.97 Å². The molecule has 0 unspecified atom stereocenters. The molecule has 0 heterocycles. The molecule has 3 heteroatoms. The maximum Gasteiger partial charge on any atom is 0.329 e. The minimum absolute atomic E-state index is 0.190. The first-order valence-electron chi connectivity index (χ1n) is 3.97. The molecule has 0 aromatic heterocycles. The Morgan fingerprint density at radius 2 is 2.00 bits per heavy atom. The molecule has 0 radical (unpaired) electrons. The lowest BCUT2D eigenvalue weighted by molar-refractivity contribution is -0.161. The summed E-state index contributed by atoms with van der Waals surface area (Å²) in [5.41, 5.74) is 2.31. The average molecular weight is 157 g/mol. The van der Waals surface area contributed by atoms with E-state index in [4.69, 9.17) is 4.84 Å². The van der Waals surface area contributed by atoms with Gasteiger partial charge in [0.15, 0.2) is 0 Å². The SMILES string of the molecule is CC(C)(C)C(=O)ONC1CC1. The summed E-state index contributed by atoms with van der Waals surface area (Å²) in [5.74, 6) is -0.190. The van der Waals surface area contributed by atoms with Gasteiger partial charge in [0.2, 0.25) is 0 Å². The van der Waals surface area contributed by atoms with Crippen LogP contribution in [0.4, 0.5) is 0 Å². The Balaban J connectivity index is 2.19. The highest BCUT2D eigenvalue weighted by Gasteiger charge is 2.27. The Bertz CT molecular complexity index is 156. The zero-order valence-electron chi connectivity index (χ0n) is 7.31. The average Bonchev–Trinajstić information content (AvgIpc) is 2.62. The minimum Gasteiger partial charge on any atom is -0.370 e. The lowest BCUT2D eigenvalue weighted by Gasteiger charge is -2.15. The molecule has 0 atom stereocenters. The van der Waals surface area contributed by atoms with Crippen LogP contribution in [-0.2, 0) is 9.63 Å². The van der Waals surface area contributed by atoms with Crippen molar-refractivity contribution in [2.45, 2.75) is 39.7 Å². The van der Waals surface area contributed by atoms with Crippen molar-refractivity contribution in [3.8, 4) is 0 Å². The Morgan fingerprint density at radius 3 is 2.36 bits per heavy atom. The molecule has 1 aliphatic rings. The summed E-state index contributed by atoms with van der Waals surface area (Å²) in [6.45, 7) is 5.51. The van der Waals surface area contributed by atoms with E-state index >= 15 is 0 Å². The molecule has 1 fully saturated rings. The molecular formula is C8H15NO2. The van der Waals surface area contributed by atoms with Crippen molar-refractivity contribution < 1.29 is 9.63 Å². The highest BCUT2D eigenvalue weighted by atomic mass is 16.7. The fourth-order valence-corrected chi connectivity index (χ4v) is 0.491. The van der Waals surface area contributed by atoms with Gasteiger partial charge < -0.3 is 4.84 Å². The van der Waals surface area contributed by atoms with E-state index in [0.29, 0.717) is 6.04 Å². The van der Waals surface area contributed by atoms with Crippen molar-refractivity contribution in [3.05, 3.63) is 0 Å². The van der Waals surface area contributed by atoms with E-state index in [-0.39, 0.29) is 5.97 Å². The highest BCUT2D eigenvalue weighted by molar-refractivity contribution is 5.75. The van der Waals surface area contributed by atoms with Gasteiger partial charge in [0.05, 0.1) is 5.41 Å². The highest BCUT2D eigenvalue weighted by Crippen LogP contribution is 2.20. The Labute approximate surface area is 67.1 Å². The van der Waals surface area contributed by atoms with Crippen LogP contribution in [0.15, 0.2) is 0 Å². The molecule has 0 aliphatic heterocycles. The quantitative estimate of drug-likeness (QED) is 0.613. The van der Waals surface area contributed by atoms with Gasteiger partial charge in [-0.15, -0.1) is 0 Å². The second-order valence-electron chi connectivity index (χ2n) is 4.03. The van der Waals surface area contributed by atoms with Crippen LogP contribution >= 0.6 is 0 Å². The van der Waals surface area contributed by atoms with Gasteiger partial charge in [-0.1, -0.05) is 0 Å². The van der Waals surface area contributed by atoms with Crippen LogP contribution in [0.2, 0.25) is 0 Å². The van der Waals surface area contributed by atoms with Crippen molar-refractivity contribution in [1.29, 1.82) is 0 Å². The Hall–Kier alpha value is -0.570. The van der Waals surface area contributed by atoms with Gasteiger partial charge in [-0.2, -0.15) is 5.48 Å². The van der Waals surface area contributed by atoms with Crippen molar-refractivity contribution in [3.63, 3.8) is 0 Å². The number of nitrogens with one attached hydrogen (secondary N) is 1. The summed E-state index contributed by atoms with van der Waals surface area (Å²) in [5, 5.41) is 0. The van der Waals surface area contributed by atoms with Crippen LogP contribution in [-0.4, -0.2) is 12.0 Å². The maximum atomic E-state index is 11.1. The molecular weight excluding hydrogens is 142 g/mol. The van der Waals surface area contributed by atoms with Crippen molar-refractivity contribution >= 4 is 5.97 Å². The zero-order valence-corrected chi connectivity index (χ0v) is 7.31. The van der Waals surface area contributed by atoms with Crippen LogP contribution in [0.25, 0.3) is 0 Å². The van der Waals surface area contributed by atoms with E-state index in [0.717, 1.165) is 12.8 Å². The normalized spacial score (nSPS) is 18.1. The van der Waals surface area contributed by atoms with Crippen LogP contribution in [0.3, 0.4) is 0 Å². The van der Waals surface area contributed by atoms with Crippen LogP contribution in [0.5, 0.6) is 0 Å². The lowest BCUT2D eigenvalue weighted by Crippen LogP contribution is -2.30. The third-order valence-electron chi connectivity index (χ3n) is 1.51. The minimum atomic E-state index is -0.401. The summed E-state index contributed by atoms with van der Waals surface area (Å²) in [6.07, 6.45) is 2.24. The summed E-state index contributed by atoms with van der Waals surface area (Å²) in [7, 11) is 0. The molecule has 1 saturated carbocycles. The molecule has 11 heavy (non-hydrogen) atoms. The third-order valence-corrected chi connectivity index (χ3v) is 1.51. The number of carbonyl (C=O) groups is 1. The van der Waals surface area contributed by atoms with E-state index in [9.17, 15) is 4.79 Å². The number of hydroxylamine groups is 1. The fourth-order valence-electron chi connectivity index (χ4n) is 0.491. The molecule has 0 spiro atoms. The smallest absolute Gasteiger partial charge is 0.329 e. The molecule has 0 aromatic rings. The number of hydrogen-bond donors (Lipinski definition) is 1. The summed E-state index contributed by atoms with van der Waals surface area (Å²) >= 11 is 0. The molecule has 64 valence electrons. The molecule has 0 bridgehead atoms. The van der Waals surface area contributed by atoms with Gasteiger partial charge in [-0.05, 0) is 33.6 Å². The fraction of sp³-hybridized carbons (Fsp3) is 0.875. The standard InChI is InChI=1S/C8H15NO2/c1-8(2,3)7(10)11-9-6-4-5-6/h6,9H,4-5H2,1-3H3. The van der Waals surface area contributed by atoms with Crippen molar-refractivity contribution in [2.24, 2.45) is 5.41 Å². The number of hydrogen-bond acceptors (Lipinski definition) is 3. The van der Waals surface area contributed by atoms with Gasteiger partial charge in [-0.25, -0.2) is 4.79 Å². The topological polar surface area (TPSA) is 38.3 Å². The molecule has 0 saturated heterocycles. The maximum absolute atomic E-state index is 11.1. The molecule has 0 aromatic carbocycles. The molecule has 3 nitrogen and oxygen atoms in total. The van der Waals surface area contributed by atoms with E-state index < -0.39 is 5.41 Å². The van der Waals surface area contributed by atoms with Gasteiger partial charge in [0, 0.05) is 6.04 Å². The Morgan fingerprint density at radius 1 is 1.45 bits per heavy atom. The largest absolute Gasteiger partial charge is 0.370 e. The first-order valence-corrected chi connectivity index (χ1v) is 3.97. The zero-order chi connectivity index (χ0) is 8.48. The van der Waals surface area contributed by atoms with Crippen LogP contribution in [0.1, 0.15) is 33.6 Å². The van der Waals surface area contributed by atoms with Gasteiger partial charge in [0.1, 0.15) is 0 Å². The number of carbonyl (C=O) groups excluding carboxylic acids is 1. The van der Waals surface area contributed by atoms with E-state index in [1.165, 1.54) is 0 Å². The molecule has 0 amide bonds. The Kier molecular flexibility index (Phi) is 2.18. The first-order chi connectivity index (χ1) is 5.00. The van der Waals surface area contributed by atoms with E-state index in [2.05, 4.69) is 5.48 Å². The summed E-state index contributed by atoms with van der Waals surface area (Å²) in [4.78, 5) is 16.0. The third kappa shape index (κ3) is 2.89. The number of rotatable bonds is 2. The predicted molar refractivity (Wildman–Crippen MR) is 41.7 cm³/mol.